The summed E-state index contributed by atoms with van der Waals surface area (Å²) < 4.78 is 0. The molecule has 1 atom stereocenters. The summed E-state index contributed by atoms with van der Waals surface area (Å²) in [4.78, 5) is 14.0. The Labute approximate surface area is 185 Å². The second-order valence-corrected chi connectivity index (χ2v) is 7.95. The topological polar surface area (TPSA) is 40.5 Å². The van der Waals surface area contributed by atoms with Crippen molar-refractivity contribution in [3.63, 3.8) is 0 Å². The van der Waals surface area contributed by atoms with Crippen molar-refractivity contribution < 1.29 is 9.90 Å². The van der Waals surface area contributed by atoms with Crippen LogP contribution in [0.1, 0.15) is 51.0 Å². The van der Waals surface area contributed by atoms with Gasteiger partial charge in [-0.05, 0) is 75.4 Å². The first-order valence-electron chi connectivity index (χ1n) is 9.40. The first-order valence-corrected chi connectivity index (χ1v) is 10.2. The van der Waals surface area contributed by atoms with E-state index in [1.165, 1.54) is 0 Å². The summed E-state index contributed by atoms with van der Waals surface area (Å²) in [5, 5.41) is 10.9. The second kappa shape index (κ2) is 13.9. The predicted molar refractivity (Wildman–Crippen MR) is 119 cm³/mol. The highest BCUT2D eigenvalue weighted by Crippen LogP contribution is 2.29. The van der Waals surface area contributed by atoms with Crippen LogP contribution >= 0.6 is 48.0 Å². The van der Waals surface area contributed by atoms with E-state index in [-0.39, 0.29) is 30.7 Å². The van der Waals surface area contributed by atoms with Gasteiger partial charge >= 0.3 is 5.97 Å². The number of likely N-dealkylation sites (tertiary alicyclic amines) is 1. The number of piperidine rings is 1. The molecule has 0 spiro atoms. The zero-order chi connectivity index (χ0) is 18.2. The molecule has 1 aliphatic rings. The van der Waals surface area contributed by atoms with Crippen LogP contribution in [0.15, 0.2) is 18.2 Å². The average molecular weight is 459 g/mol. The Morgan fingerprint density at radius 3 is 2.44 bits per heavy atom. The number of unbranched alkanes of at least 4 members (excludes halogenated alkanes) is 1. The molecular weight excluding hydrogens is 428 g/mol. The molecule has 1 aromatic rings. The Morgan fingerprint density at radius 2 is 1.89 bits per heavy atom. The number of aryl methyl sites for hydroxylation is 1. The third-order valence-corrected chi connectivity index (χ3v) is 5.91. The van der Waals surface area contributed by atoms with Gasteiger partial charge in [0.25, 0.3) is 0 Å². The molecule has 1 aliphatic heterocycles. The van der Waals surface area contributed by atoms with Crippen LogP contribution in [0.5, 0.6) is 0 Å². The van der Waals surface area contributed by atoms with Gasteiger partial charge in [0.1, 0.15) is 0 Å². The molecule has 1 aromatic carbocycles. The van der Waals surface area contributed by atoms with Gasteiger partial charge in [-0.1, -0.05) is 49.0 Å². The van der Waals surface area contributed by atoms with Gasteiger partial charge in [-0.3, -0.25) is 4.79 Å². The minimum absolute atomic E-state index is 0. The number of rotatable bonds is 9. The van der Waals surface area contributed by atoms with E-state index >= 15 is 0 Å². The van der Waals surface area contributed by atoms with Crippen LogP contribution in [0.4, 0.5) is 0 Å². The summed E-state index contributed by atoms with van der Waals surface area (Å²) >= 11 is 12.2. The van der Waals surface area contributed by atoms with Crippen LogP contribution in [0.3, 0.4) is 0 Å². The quantitative estimate of drug-likeness (QED) is 0.467. The van der Waals surface area contributed by atoms with Gasteiger partial charge in [0.2, 0.25) is 0 Å². The molecule has 7 heteroatoms. The van der Waals surface area contributed by atoms with Crippen molar-refractivity contribution in [2.75, 3.05) is 19.6 Å². The van der Waals surface area contributed by atoms with Gasteiger partial charge in [0, 0.05) is 10.0 Å². The summed E-state index contributed by atoms with van der Waals surface area (Å²) in [5.74, 6) is -0.426. The van der Waals surface area contributed by atoms with Crippen LogP contribution in [0.2, 0.25) is 10.0 Å². The summed E-state index contributed by atoms with van der Waals surface area (Å²) in [7, 11) is 0. The average Bonchev–Trinajstić information content (AvgIpc) is 2.58. The molecular formula is C20H31Cl4NO2. The zero-order valence-corrected chi connectivity index (χ0v) is 19.0. The maximum atomic E-state index is 11.5. The molecule has 0 saturated carbocycles. The lowest BCUT2D eigenvalue weighted by molar-refractivity contribution is -0.144. The van der Waals surface area contributed by atoms with Gasteiger partial charge in [0.05, 0.1) is 5.92 Å². The number of halogens is 4. The SMILES string of the molecule is CCCCC(C(=O)O)C1CCN(CCCc2ccc(Cl)cc2Cl)CC1.Cl.Cl. The molecule has 1 heterocycles. The fourth-order valence-electron chi connectivity index (χ4n) is 3.78. The Balaban J connectivity index is 0.00000338. The lowest BCUT2D eigenvalue weighted by atomic mass is 9.81. The van der Waals surface area contributed by atoms with Gasteiger partial charge < -0.3 is 10.0 Å². The van der Waals surface area contributed by atoms with Crippen molar-refractivity contribution in [1.82, 2.24) is 4.90 Å². The molecule has 1 unspecified atom stereocenters. The minimum Gasteiger partial charge on any atom is -0.481 e. The third kappa shape index (κ3) is 8.79. The van der Waals surface area contributed by atoms with Crippen molar-refractivity contribution >= 4 is 54.0 Å². The maximum absolute atomic E-state index is 11.5. The minimum atomic E-state index is -0.607. The van der Waals surface area contributed by atoms with Crippen LogP contribution in [0.25, 0.3) is 0 Å². The zero-order valence-electron chi connectivity index (χ0n) is 15.8. The van der Waals surface area contributed by atoms with E-state index in [4.69, 9.17) is 23.2 Å². The highest BCUT2D eigenvalue weighted by Gasteiger charge is 2.30. The molecule has 1 fully saturated rings. The smallest absolute Gasteiger partial charge is 0.306 e. The number of benzene rings is 1. The van der Waals surface area contributed by atoms with Crippen molar-refractivity contribution in [2.24, 2.45) is 11.8 Å². The summed E-state index contributed by atoms with van der Waals surface area (Å²) in [6, 6.07) is 5.69. The molecule has 156 valence electrons. The van der Waals surface area contributed by atoms with E-state index in [9.17, 15) is 9.90 Å². The maximum Gasteiger partial charge on any atom is 0.306 e. The van der Waals surface area contributed by atoms with Gasteiger partial charge in [0.15, 0.2) is 0 Å². The molecule has 1 saturated heterocycles. The van der Waals surface area contributed by atoms with Crippen LogP contribution < -0.4 is 0 Å². The monoisotopic (exact) mass is 457 g/mol. The fraction of sp³-hybridized carbons (Fsp3) is 0.650. The lowest BCUT2D eigenvalue weighted by Gasteiger charge is -2.34. The standard InChI is InChI=1S/C20H29Cl2NO2.2ClH/c1-2-3-6-18(20(24)25)15-9-12-23(13-10-15)11-4-5-16-7-8-17(21)14-19(16)22;;/h7-8,14-15,18H,2-6,9-13H2,1H3,(H,24,25);2*1H. The van der Waals surface area contributed by atoms with Crippen molar-refractivity contribution in [3.05, 3.63) is 33.8 Å². The molecule has 0 bridgehead atoms. The molecule has 27 heavy (non-hydrogen) atoms. The van der Waals surface area contributed by atoms with Crippen molar-refractivity contribution in [3.8, 4) is 0 Å². The van der Waals surface area contributed by atoms with Crippen LogP contribution in [-0.2, 0) is 11.2 Å². The number of carboxylic acids is 1. The van der Waals surface area contributed by atoms with Crippen molar-refractivity contribution in [2.45, 2.75) is 51.9 Å². The normalized spacial score (nSPS) is 16.3. The van der Waals surface area contributed by atoms with Crippen molar-refractivity contribution in [1.29, 1.82) is 0 Å². The fourth-order valence-corrected chi connectivity index (χ4v) is 4.28. The Morgan fingerprint density at radius 1 is 1.22 bits per heavy atom. The van der Waals surface area contributed by atoms with Crippen LogP contribution in [-0.4, -0.2) is 35.6 Å². The lowest BCUT2D eigenvalue weighted by Crippen LogP contribution is -2.38. The molecule has 0 radical (unpaired) electrons. The van der Waals surface area contributed by atoms with Gasteiger partial charge in [-0.15, -0.1) is 24.8 Å². The molecule has 2 rings (SSSR count). The van der Waals surface area contributed by atoms with E-state index in [1.807, 2.05) is 12.1 Å². The summed E-state index contributed by atoms with van der Waals surface area (Å²) in [6.45, 7) is 5.18. The Bertz CT molecular complexity index is 563. The first-order chi connectivity index (χ1) is 12.0. The van der Waals surface area contributed by atoms with Gasteiger partial charge in [-0.25, -0.2) is 0 Å². The number of aliphatic carboxylic acids is 1. The largest absolute Gasteiger partial charge is 0.481 e. The Kier molecular flexibility index (Phi) is 13.8. The summed E-state index contributed by atoms with van der Waals surface area (Å²) in [6.07, 6.45) is 6.92. The Hall–Kier alpha value is -0.190. The number of hydrogen-bond acceptors (Lipinski definition) is 2. The molecule has 0 amide bonds. The highest BCUT2D eigenvalue weighted by molar-refractivity contribution is 6.35. The molecule has 0 aromatic heterocycles. The van der Waals surface area contributed by atoms with E-state index in [1.54, 1.807) is 6.07 Å². The first kappa shape index (κ1) is 26.8. The van der Waals surface area contributed by atoms with E-state index < -0.39 is 5.97 Å². The van der Waals surface area contributed by atoms with E-state index in [0.717, 1.165) is 75.2 Å². The third-order valence-electron chi connectivity index (χ3n) is 5.32. The van der Waals surface area contributed by atoms with E-state index in [0.29, 0.717) is 10.9 Å². The number of nitrogens with zero attached hydrogens (tertiary/aromatic N) is 1. The number of carbonyl (C=O) groups is 1. The highest BCUT2D eigenvalue weighted by atomic mass is 35.5. The second-order valence-electron chi connectivity index (χ2n) is 7.11. The van der Waals surface area contributed by atoms with Crippen LogP contribution in [0, 0.1) is 11.8 Å². The molecule has 0 aliphatic carbocycles. The number of hydrogen-bond donors (Lipinski definition) is 1. The van der Waals surface area contributed by atoms with Gasteiger partial charge in [-0.2, -0.15) is 0 Å². The molecule has 3 nitrogen and oxygen atoms in total. The molecule has 1 N–H and O–H groups in total. The number of carboxylic acid groups (broad SMARTS) is 1. The van der Waals surface area contributed by atoms with E-state index in [2.05, 4.69) is 11.8 Å². The summed E-state index contributed by atoms with van der Waals surface area (Å²) in [5.41, 5.74) is 1.14. The predicted octanol–water partition coefficient (Wildman–Crippen LogP) is 6.37.